The topological polar surface area (TPSA) is 123 Å². The summed E-state index contributed by atoms with van der Waals surface area (Å²) < 4.78 is 32.7. The molecule has 2 aromatic heterocycles. The molecule has 2 heterocycles. The highest BCUT2D eigenvalue weighted by molar-refractivity contribution is 5.99. The smallest absolute Gasteiger partial charge is 0.288 e. The Morgan fingerprint density at radius 3 is 2.64 bits per heavy atom. The number of nitrogens with zero attached hydrogens (tertiary/aromatic N) is 4. The van der Waals surface area contributed by atoms with Crippen molar-refractivity contribution in [1.29, 1.82) is 0 Å². The van der Waals surface area contributed by atoms with E-state index in [0.29, 0.717) is 16.7 Å². The summed E-state index contributed by atoms with van der Waals surface area (Å²) in [5, 5.41) is 19.9. The van der Waals surface area contributed by atoms with Gasteiger partial charge in [0.15, 0.2) is 0 Å². The molecule has 4 rings (SSSR count). The number of amides is 1. The van der Waals surface area contributed by atoms with Gasteiger partial charge in [0.05, 0.1) is 34.7 Å². The fraction of sp³-hybridized carbons (Fsp3) is 0.250. The number of carbonyl (C=O) groups is 1. The van der Waals surface area contributed by atoms with Crippen molar-refractivity contribution in [3.8, 4) is 5.69 Å². The Balaban J connectivity index is 1.70. The number of para-hydroxylation sites is 1. The molecular formula is C24H24F2N6O4. The van der Waals surface area contributed by atoms with Gasteiger partial charge in [-0.3, -0.25) is 14.4 Å². The van der Waals surface area contributed by atoms with Crippen molar-refractivity contribution in [2.45, 2.75) is 32.9 Å². The van der Waals surface area contributed by atoms with Crippen LogP contribution >= 0.6 is 0 Å². The van der Waals surface area contributed by atoms with Crippen molar-refractivity contribution >= 4 is 28.3 Å². The molecule has 12 heteroatoms. The molecule has 188 valence electrons. The van der Waals surface area contributed by atoms with Crippen molar-refractivity contribution in [1.82, 2.24) is 25.0 Å². The average Bonchev–Trinajstić information content (AvgIpc) is 3.31. The third-order valence-corrected chi connectivity index (χ3v) is 5.42. The quantitative estimate of drug-likeness (QED) is 0.319. The van der Waals surface area contributed by atoms with Gasteiger partial charge in [0.25, 0.3) is 11.5 Å². The summed E-state index contributed by atoms with van der Waals surface area (Å²) in [5.74, 6) is -2.95. The zero-order valence-corrected chi connectivity index (χ0v) is 19.7. The van der Waals surface area contributed by atoms with Crippen LogP contribution in [0.5, 0.6) is 0 Å². The summed E-state index contributed by atoms with van der Waals surface area (Å²) in [7, 11) is 0. The molecule has 1 amide bonds. The summed E-state index contributed by atoms with van der Waals surface area (Å²) in [6.45, 7) is 4.34. The Hall–Kier alpha value is -4.16. The molecule has 0 unspecified atom stereocenters. The molecular weight excluding hydrogens is 474 g/mol. The number of halogens is 2. The number of aliphatic hydroxyl groups is 1. The number of aryl methyl sites for hydroxylation is 1. The number of rotatable bonds is 8. The minimum Gasteiger partial charge on any atom is -0.393 e. The number of aliphatic hydroxyl groups excluding tert-OH is 1. The fourth-order valence-electron chi connectivity index (χ4n) is 3.36. The molecule has 36 heavy (non-hydrogen) atoms. The number of hydroxylamine groups is 1. The van der Waals surface area contributed by atoms with E-state index in [9.17, 15) is 14.7 Å². The summed E-state index contributed by atoms with van der Waals surface area (Å²) in [6.07, 6.45) is 1.15. The first-order valence-corrected chi connectivity index (χ1v) is 11.0. The van der Waals surface area contributed by atoms with Crippen LogP contribution in [0, 0.1) is 11.6 Å². The number of pyridine rings is 1. The Kier molecular flexibility index (Phi) is 6.82. The van der Waals surface area contributed by atoms with Gasteiger partial charge in [-0.2, -0.15) is 4.39 Å². The lowest BCUT2D eigenvalue weighted by atomic mass is 10.1. The summed E-state index contributed by atoms with van der Waals surface area (Å²) in [6, 6.07) is 11.2. The number of hydrogen-bond donors (Lipinski definition) is 3. The van der Waals surface area contributed by atoms with E-state index in [2.05, 4.69) is 21.1 Å². The van der Waals surface area contributed by atoms with Gasteiger partial charge in [0.2, 0.25) is 5.82 Å². The molecule has 3 N–H and O–H groups in total. The van der Waals surface area contributed by atoms with E-state index in [1.165, 1.54) is 36.7 Å². The van der Waals surface area contributed by atoms with Crippen LogP contribution in [0.4, 0.5) is 20.2 Å². The fourth-order valence-corrected chi connectivity index (χ4v) is 3.36. The van der Waals surface area contributed by atoms with E-state index < -0.39 is 41.0 Å². The first-order chi connectivity index (χ1) is 17.1. The van der Waals surface area contributed by atoms with Crippen molar-refractivity contribution in [3.63, 3.8) is 0 Å². The van der Waals surface area contributed by atoms with Gasteiger partial charge in [-0.1, -0.05) is 17.3 Å². The van der Waals surface area contributed by atoms with E-state index in [1.54, 1.807) is 31.2 Å². The van der Waals surface area contributed by atoms with Gasteiger partial charge in [0.1, 0.15) is 16.9 Å². The zero-order valence-electron chi connectivity index (χ0n) is 19.7. The SMILES string of the molecule is CCn1cc(C(=O)NOC(C)(C)CO)c(Nc2ccc(-n3nnc4ccccc43)cc2F)c(F)c1=O. The molecule has 0 saturated carbocycles. The molecule has 2 aromatic carbocycles. The minimum atomic E-state index is -1.27. The van der Waals surface area contributed by atoms with Crippen molar-refractivity contribution in [2.75, 3.05) is 11.9 Å². The van der Waals surface area contributed by atoms with Crippen LogP contribution in [0.25, 0.3) is 16.7 Å². The second-order valence-electron chi connectivity index (χ2n) is 8.55. The van der Waals surface area contributed by atoms with Gasteiger partial charge in [0, 0.05) is 18.8 Å². The van der Waals surface area contributed by atoms with Crippen LogP contribution in [0.1, 0.15) is 31.1 Å². The normalized spacial score (nSPS) is 11.6. The molecule has 0 spiro atoms. The maximum absolute atomic E-state index is 15.1. The van der Waals surface area contributed by atoms with Crippen molar-refractivity contribution < 1.29 is 23.5 Å². The highest BCUT2D eigenvalue weighted by atomic mass is 19.1. The average molecular weight is 498 g/mol. The molecule has 0 radical (unpaired) electrons. The van der Waals surface area contributed by atoms with Crippen LogP contribution in [-0.4, -0.2) is 42.8 Å². The third-order valence-electron chi connectivity index (χ3n) is 5.42. The molecule has 0 bridgehead atoms. The summed E-state index contributed by atoms with van der Waals surface area (Å²) in [5.41, 5.74) is 0.693. The number of anilines is 2. The largest absolute Gasteiger partial charge is 0.393 e. The van der Waals surface area contributed by atoms with E-state index in [1.807, 2.05) is 0 Å². The van der Waals surface area contributed by atoms with Crippen molar-refractivity contribution in [2.24, 2.45) is 0 Å². The number of hydrogen-bond acceptors (Lipinski definition) is 7. The molecule has 4 aromatic rings. The monoisotopic (exact) mass is 498 g/mol. The number of carbonyl (C=O) groups excluding carboxylic acids is 1. The Morgan fingerprint density at radius 2 is 1.94 bits per heavy atom. The molecule has 0 aliphatic rings. The third kappa shape index (κ3) is 4.81. The van der Waals surface area contributed by atoms with Crippen LogP contribution in [0.3, 0.4) is 0 Å². The van der Waals surface area contributed by atoms with Crippen LogP contribution in [0.15, 0.2) is 53.5 Å². The molecule has 10 nitrogen and oxygen atoms in total. The Morgan fingerprint density at radius 1 is 1.19 bits per heavy atom. The van der Waals surface area contributed by atoms with E-state index in [-0.39, 0.29) is 17.8 Å². The minimum absolute atomic E-state index is 0.0915. The second kappa shape index (κ2) is 9.84. The second-order valence-corrected chi connectivity index (χ2v) is 8.55. The van der Waals surface area contributed by atoms with Gasteiger partial charge in [-0.05, 0) is 45.0 Å². The van der Waals surface area contributed by atoms with Gasteiger partial charge >= 0.3 is 0 Å². The zero-order chi connectivity index (χ0) is 26.0. The molecule has 0 atom stereocenters. The maximum Gasteiger partial charge on any atom is 0.288 e. The summed E-state index contributed by atoms with van der Waals surface area (Å²) >= 11 is 0. The molecule has 0 saturated heterocycles. The summed E-state index contributed by atoms with van der Waals surface area (Å²) in [4.78, 5) is 30.4. The van der Waals surface area contributed by atoms with E-state index in [4.69, 9.17) is 4.84 Å². The van der Waals surface area contributed by atoms with Gasteiger partial charge in [-0.15, -0.1) is 5.10 Å². The highest BCUT2D eigenvalue weighted by Gasteiger charge is 2.25. The number of fused-ring (bicyclic) bond motifs is 1. The van der Waals surface area contributed by atoms with Crippen molar-refractivity contribution in [3.05, 3.63) is 76.2 Å². The maximum atomic E-state index is 15.1. The standard InChI is InChI=1S/C24H24F2N6O4/c1-4-31-12-15(22(34)29-36-24(2,3)13-33)21(20(26)23(31)35)27-17-10-9-14(11-16(17)25)32-19-8-6-5-7-18(19)28-30-32/h5-12,27,33H,4,13H2,1-3H3,(H,29,34). The molecule has 0 fully saturated rings. The van der Waals surface area contributed by atoms with Crippen LogP contribution in [-0.2, 0) is 11.4 Å². The number of benzene rings is 2. The first-order valence-electron chi connectivity index (χ1n) is 11.0. The number of nitrogens with one attached hydrogen (secondary N) is 2. The lowest BCUT2D eigenvalue weighted by Gasteiger charge is -2.22. The lowest BCUT2D eigenvalue weighted by Crippen LogP contribution is -2.39. The Labute approximate surface area is 204 Å². The predicted octanol–water partition coefficient (Wildman–Crippen LogP) is 3.06. The molecule has 0 aliphatic heterocycles. The van der Waals surface area contributed by atoms with Gasteiger partial charge in [-0.25, -0.2) is 14.6 Å². The van der Waals surface area contributed by atoms with Gasteiger partial charge < -0.3 is 15.0 Å². The van der Waals surface area contributed by atoms with E-state index >= 15 is 8.78 Å². The predicted molar refractivity (Wildman–Crippen MR) is 128 cm³/mol. The van der Waals surface area contributed by atoms with Crippen LogP contribution < -0.4 is 16.4 Å². The number of aromatic nitrogens is 4. The van der Waals surface area contributed by atoms with Crippen LogP contribution in [0.2, 0.25) is 0 Å². The lowest BCUT2D eigenvalue weighted by molar-refractivity contribution is -0.0956. The highest BCUT2D eigenvalue weighted by Crippen LogP contribution is 2.27. The first kappa shape index (κ1) is 24.9. The van der Waals surface area contributed by atoms with E-state index in [0.717, 1.165) is 10.8 Å². The molecule has 0 aliphatic carbocycles. The Bertz CT molecular complexity index is 1500.